The average molecular weight is 307 g/mol. The van der Waals surface area contributed by atoms with Crippen LogP contribution in [0.3, 0.4) is 0 Å². The van der Waals surface area contributed by atoms with E-state index in [-0.39, 0.29) is 5.92 Å². The summed E-state index contributed by atoms with van der Waals surface area (Å²) in [7, 11) is 3.98. The first-order valence-corrected chi connectivity index (χ1v) is 7.97. The summed E-state index contributed by atoms with van der Waals surface area (Å²) in [5, 5.41) is 2.35. The van der Waals surface area contributed by atoms with E-state index in [0.29, 0.717) is 6.54 Å². The molecule has 23 heavy (non-hydrogen) atoms. The smallest absolute Gasteiger partial charge is 0.133 e. The molecule has 0 saturated heterocycles. The minimum absolute atomic E-state index is 0.183. The molecule has 1 nitrogen and oxygen atoms in total. The zero-order valence-electron chi connectivity index (χ0n) is 13.6. The number of hydrogen-bond acceptors (Lipinski definition) is 1. The molecule has 0 radical (unpaired) electrons. The van der Waals surface area contributed by atoms with Crippen molar-refractivity contribution in [2.24, 2.45) is 0 Å². The third-order valence-electron chi connectivity index (χ3n) is 4.23. The Labute approximate surface area is 137 Å². The van der Waals surface area contributed by atoms with Crippen LogP contribution < -0.4 is 0 Å². The lowest BCUT2D eigenvalue weighted by molar-refractivity contribution is 0.240. The molecule has 0 bridgehead atoms. The van der Waals surface area contributed by atoms with Gasteiger partial charge in [-0.3, -0.25) is 0 Å². The zero-order chi connectivity index (χ0) is 16.2. The number of hydrogen-bond donors (Lipinski definition) is 0. The zero-order valence-corrected chi connectivity index (χ0v) is 13.6. The fraction of sp³-hybridized carbons (Fsp3) is 0.238. The van der Waals surface area contributed by atoms with Gasteiger partial charge in [-0.05, 0) is 36.0 Å². The normalized spacial score (nSPS) is 14.1. The van der Waals surface area contributed by atoms with Crippen LogP contribution in [0.5, 0.6) is 0 Å². The van der Waals surface area contributed by atoms with Crippen molar-refractivity contribution in [2.75, 3.05) is 20.6 Å². The number of halogens is 1. The van der Waals surface area contributed by atoms with Gasteiger partial charge in [-0.15, -0.1) is 0 Å². The first kappa shape index (κ1) is 15.7. The van der Waals surface area contributed by atoms with E-state index in [1.807, 2.05) is 56.6 Å². The Morgan fingerprint density at radius 3 is 2.13 bits per heavy atom. The maximum atomic E-state index is 15.2. The molecule has 3 aromatic carbocycles. The predicted octanol–water partition coefficient (Wildman–Crippen LogP) is 5.20. The van der Waals surface area contributed by atoms with Crippen LogP contribution in [0, 0.1) is 0 Å². The van der Waals surface area contributed by atoms with Gasteiger partial charge in [-0.25, -0.2) is 4.39 Å². The van der Waals surface area contributed by atoms with E-state index in [9.17, 15) is 0 Å². The predicted molar refractivity (Wildman–Crippen MR) is 95.5 cm³/mol. The van der Waals surface area contributed by atoms with Crippen molar-refractivity contribution < 1.29 is 4.39 Å². The van der Waals surface area contributed by atoms with E-state index in [4.69, 9.17) is 0 Å². The molecule has 0 N–H and O–H groups in total. The monoisotopic (exact) mass is 307 g/mol. The summed E-state index contributed by atoms with van der Waals surface area (Å²) < 4.78 is 15.2. The summed E-state index contributed by atoms with van der Waals surface area (Å²) in [6.07, 6.45) is -1.01. The summed E-state index contributed by atoms with van der Waals surface area (Å²) in [5.41, 5.74) is 1.79. The topological polar surface area (TPSA) is 3.24 Å². The Bertz CT molecular complexity index is 767. The second-order valence-electron chi connectivity index (χ2n) is 6.29. The summed E-state index contributed by atoms with van der Waals surface area (Å²) in [4.78, 5) is 2.05. The lowest BCUT2D eigenvalue weighted by Gasteiger charge is -2.25. The molecular formula is C21H22FN. The maximum absolute atomic E-state index is 15.2. The summed E-state index contributed by atoms with van der Waals surface area (Å²) in [6.45, 7) is 0.675. The lowest BCUT2D eigenvalue weighted by atomic mass is 9.88. The standard InChI is InChI=1S/C21H22FN/c1-23(2)15-20(21(22)17-9-4-3-5-10-17)19-13-12-16-8-6-7-11-18(16)14-19/h3-14,20-21H,15H2,1-2H3/t20-,21?/m1/s1. The fourth-order valence-electron chi connectivity index (χ4n) is 3.07. The minimum atomic E-state index is -1.01. The first-order chi connectivity index (χ1) is 11.1. The highest BCUT2D eigenvalue weighted by Gasteiger charge is 2.25. The van der Waals surface area contributed by atoms with Crippen LogP contribution in [-0.2, 0) is 0 Å². The van der Waals surface area contributed by atoms with Gasteiger partial charge in [0.2, 0.25) is 0 Å². The first-order valence-electron chi connectivity index (χ1n) is 7.97. The molecule has 2 heteroatoms. The highest BCUT2D eigenvalue weighted by molar-refractivity contribution is 5.83. The highest BCUT2D eigenvalue weighted by Crippen LogP contribution is 2.35. The van der Waals surface area contributed by atoms with E-state index < -0.39 is 6.17 Å². The summed E-state index contributed by atoms with van der Waals surface area (Å²) >= 11 is 0. The van der Waals surface area contributed by atoms with Gasteiger partial charge in [0.05, 0.1) is 0 Å². The van der Waals surface area contributed by atoms with E-state index in [1.165, 1.54) is 5.39 Å². The van der Waals surface area contributed by atoms with Gasteiger partial charge >= 0.3 is 0 Å². The van der Waals surface area contributed by atoms with Crippen molar-refractivity contribution in [1.29, 1.82) is 0 Å². The number of rotatable bonds is 5. The molecule has 3 aromatic rings. The quantitative estimate of drug-likeness (QED) is 0.626. The fourth-order valence-corrected chi connectivity index (χ4v) is 3.07. The van der Waals surface area contributed by atoms with Crippen LogP contribution in [0.15, 0.2) is 72.8 Å². The summed E-state index contributed by atoms with van der Waals surface area (Å²) in [6, 6.07) is 24.0. The molecule has 0 amide bonds. The van der Waals surface area contributed by atoms with Gasteiger partial charge < -0.3 is 4.90 Å². The van der Waals surface area contributed by atoms with Crippen molar-refractivity contribution >= 4 is 10.8 Å². The van der Waals surface area contributed by atoms with Crippen LogP contribution in [0.2, 0.25) is 0 Å². The lowest BCUT2D eigenvalue weighted by Crippen LogP contribution is -2.23. The van der Waals surface area contributed by atoms with E-state index >= 15 is 4.39 Å². The SMILES string of the molecule is CN(C)C[C@H](c1ccc2ccccc2c1)C(F)c1ccccc1. The van der Waals surface area contributed by atoms with Crippen molar-refractivity contribution in [2.45, 2.75) is 12.1 Å². The molecule has 0 fully saturated rings. The van der Waals surface area contributed by atoms with Crippen LogP contribution in [0.25, 0.3) is 10.8 Å². The molecule has 0 heterocycles. The molecule has 0 aromatic heterocycles. The van der Waals surface area contributed by atoms with E-state index in [0.717, 1.165) is 16.5 Å². The Morgan fingerprint density at radius 1 is 0.783 bits per heavy atom. The molecule has 0 aliphatic heterocycles. The van der Waals surface area contributed by atoms with Crippen molar-refractivity contribution in [3.05, 3.63) is 83.9 Å². The molecular weight excluding hydrogens is 285 g/mol. The third-order valence-corrected chi connectivity index (χ3v) is 4.23. The Morgan fingerprint density at radius 2 is 1.43 bits per heavy atom. The number of alkyl halides is 1. The molecule has 0 aliphatic carbocycles. The third kappa shape index (κ3) is 3.59. The van der Waals surface area contributed by atoms with E-state index in [1.54, 1.807) is 0 Å². The van der Waals surface area contributed by atoms with Crippen LogP contribution in [0.4, 0.5) is 4.39 Å². The Kier molecular flexibility index (Phi) is 4.73. The van der Waals surface area contributed by atoms with Crippen molar-refractivity contribution in [3.63, 3.8) is 0 Å². The van der Waals surface area contributed by atoms with E-state index in [2.05, 4.69) is 35.2 Å². The van der Waals surface area contributed by atoms with Gasteiger partial charge in [-0.2, -0.15) is 0 Å². The second kappa shape index (κ2) is 6.93. The van der Waals surface area contributed by atoms with Crippen molar-refractivity contribution in [1.82, 2.24) is 4.90 Å². The molecule has 0 saturated carbocycles. The second-order valence-corrected chi connectivity index (χ2v) is 6.29. The molecule has 0 spiro atoms. The Balaban J connectivity index is 2.00. The number of nitrogens with zero attached hydrogens (tertiary/aromatic N) is 1. The van der Waals surface area contributed by atoms with Crippen LogP contribution in [-0.4, -0.2) is 25.5 Å². The highest BCUT2D eigenvalue weighted by atomic mass is 19.1. The van der Waals surface area contributed by atoms with Crippen LogP contribution in [0.1, 0.15) is 23.2 Å². The maximum Gasteiger partial charge on any atom is 0.133 e. The molecule has 0 aliphatic rings. The summed E-state index contributed by atoms with van der Waals surface area (Å²) in [5.74, 6) is -0.183. The van der Waals surface area contributed by atoms with Gasteiger partial charge in [0.25, 0.3) is 0 Å². The van der Waals surface area contributed by atoms with Gasteiger partial charge in [0.15, 0.2) is 0 Å². The molecule has 3 rings (SSSR count). The number of fused-ring (bicyclic) bond motifs is 1. The van der Waals surface area contributed by atoms with Crippen molar-refractivity contribution in [3.8, 4) is 0 Å². The van der Waals surface area contributed by atoms with Gasteiger partial charge in [0, 0.05) is 12.5 Å². The minimum Gasteiger partial charge on any atom is -0.309 e. The number of benzene rings is 3. The number of likely N-dealkylation sites (N-methyl/N-ethyl adjacent to an activating group) is 1. The van der Waals surface area contributed by atoms with Gasteiger partial charge in [-0.1, -0.05) is 72.8 Å². The molecule has 1 unspecified atom stereocenters. The molecule has 118 valence electrons. The molecule has 2 atom stereocenters. The average Bonchev–Trinajstić information content (AvgIpc) is 2.59. The Hall–Kier alpha value is -2.19. The van der Waals surface area contributed by atoms with Gasteiger partial charge in [0.1, 0.15) is 6.17 Å². The van der Waals surface area contributed by atoms with Crippen LogP contribution >= 0.6 is 0 Å². The largest absolute Gasteiger partial charge is 0.309 e.